The lowest BCUT2D eigenvalue weighted by Gasteiger charge is -2.40. The third-order valence-corrected chi connectivity index (χ3v) is 8.48. The molecule has 198 valence electrons. The van der Waals surface area contributed by atoms with Gasteiger partial charge in [-0.3, -0.25) is 14.4 Å². The Morgan fingerprint density at radius 1 is 1.11 bits per heavy atom. The van der Waals surface area contributed by atoms with E-state index in [0.29, 0.717) is 17.1 Å². The number of aliphatic hydroxyl groups is 1. The largest absolute Gasteiger partial charge is 0.465 e. The monoisotopic (exact) mass is 528 g/mol. The third kappa shape index (κ3) is 4.01. The number of amides is 2. The van der Waals surface area contributed by atoms with Gasteiger partial charge in [-0.05, 0) is 44.7 Å². The van der Waals surface area contributed by atoms with E-state index in [1.807, 2.05) is 19.1 Å². The normalized spacial score (nSPS) is 35.4. The number of rotatable bonds is 4. The van der Waals surface area contributed by atoms with Gasteiger partial charge in [0.15, 0.2) is 0 Å². The molecule has 37 heavy (non-hydrogen) atoms. The number of ether oxygens (including phenoxy) is 2. The Bertz CT molecular complexity index is 1150. The predicted molar refractivity (Wildman–Crippen MR) is 138 cm³/mol. The summed E-state index contributed by atoms with van der Waals surface area (Å²) in [4.78, 5) is 45.1. The maximum Gasteiger partial charge on any atom is 0.313 e. The minimum Gasteiger partial charge on any atom is -0.465 e. The second-order valence-electron chi connectivity index (χ2n) is 10.4. The molecule has 9 heteroatoms. The summed E-state index contributed by atoms with van der Waals surface area (Å²) in [6, 6.07) is 5.33. The van der Waals surface area contributed by atoms with Crippen molar-refractivity contribution < 1.29 is 29.0 Å². The van der Waals surface area contributed by atoms with Gasteiger partial charge in [-0.1, -0.05) is 55.0 Å². The molecule has 1 aromatic rings. The van der Waals surface area contributed by atoms with Gasteiger partial charge in [-0.25, -0.2) is 0 Å². The summed E-state index contributed by atoms with van der Waals surface area (Å²) in [7, 11) is 0. The van der Waals surface area contributed by atoms with E-state index in [4.69, 9.17) is 21.1 Å². The highest BCUT2D eigenvalue weighted by molar-refractivity contribution is 6.34. The molecule has 0 aliphatic carbocycles. The highest BCUT2D eigenvalue weighted by Crippen LogP contribution is 2.57. The number of allylic oxidation sites excluding steroid dienone is 1. The number of anilines is 1. The SMILES string of the molecule is CC[C@@H](CO)N1C(=O)[C@@H]2[C@H]3C(=O)OCCCC/C=C\[C@@]3(C)O[C@@]23C=CCN(c2ccccc2Cl)C(=O)C13. The number of likely N-dealkylation sites (tertiary alicyclic amines) is 1. The summed E-state index contributed by atoms with van der Waals surface area (Å²) in [5.74, 6) is -3.19. The molecular formula is C28H33ClN2O6. The molecule has 5 rings (SSSR count). The second kappa shape index (κ2) is 9.89. The van der Waals surface area contributed by atoms with Gasteiger partial charge in [0, 0.05) is 6.54 Å². The van der Waals surface area contributed by atoms with Crippen LogP contribution in [0.5, 0.6) is 0 Å². The number of benzene rings is 1. The van der Waals surface area contributed by atoms with Crippen LogP contribution in [-0.2, 0) is 23.9 Å². The molecule has 0 bridgehead atoms. The first-order chi connectivity index (χ1) is 17.8. The Kier molecular flexibility index (Phi) is 6.94. The Hall–Kier alpha value is -2.68. The smallest absolute Gasteiger partial charge is 0.313 e. The van der Waals surface area contributed by atoms with Crippen LogP contribution < -0.4 is 4.90 Å². The Morgan fingerprint density at radius 2 is 1.89 bits per heavy atom. The van der Waals surface area contributed by atoms with Crippen LogP contribution in [0.25, 0.3) is 0 Å². The number of esters is 1. The highest BCUT2D eigenvalue weighted by atomic mass is 35.5. The quantitative estimate of drug-likeness (QED) is 0.476. The van der Waals surface area contributed by atoms with Crippen LogP contribution in [-0.4, -0.2) is 70.8 Å². The first-order valence-electron chi connectivity index (χ1n) is 13.0. The van der Waals surface area contributed by atoms with Gasteiger partial charge in [0.1, 0.15) is 17.6 Å². The highest BCUT2D eigenvalue weighted by Gasteiger charge is 2.75. The van der Waals surface area contributed by atoms with Crippen molar-refractivity contribution in [1.82, 2.24) is 4.90 Å². The molecule has 2 amide bonds. The van der Waals surface area contributed by atoms with E-state index in [0.717, 1.165) is 19.3 Å². The molecule has 2 saturated heterocycles. The zero-order valence-corrected chi connectivity index (χ0v) is 21.9. The average molecular weight is 529 g/mol. The zero-order valence-electron chi connectivity index (χ0n) is 21.1. The second-order valence-corrected chi connectivity index (χ2v) is 10.8. The molecule has 1 spiro atoms. The summed E-state index contributed by atoms with van der Waals surface area (Å²) in [5.41, 5.74) is -2.04. The fourth-order valence-electron chi connectivity index (χ4n) is 6.43. The molecule has 2 fully saturated rings. The lowest BCUT2D eigenvalue weighted by molar-refractivity contribution is -0.160. The summed E-state index contributed by atoms with van der Waals surface area (Å²) in [6.07, 6.45) is 10.2. The van der Waals surface area contributed by atoms with Crippen molar-refractivity contribution >= 4 is 35.1 Å². The number of fused-ring (bicyclic) bond motifs is 2. The van der Waals surface area contributed by atoms with Gasteiger partial charge in [0.25, 0.3) is 5.91 Å². The third-order valence-electron chi connectivity index (χ3n) is 8.16. The fourth-order valence-corrected chi connectivity index (χ4v) is 6.67. The number of halogens is 1. The first-order valence-corrected chi connectivity index (χ1v) is 13.4. The molecular weight excluding hydrogens is 496 g/mol. The molecule has 4 heterocycles. The fraction of sp³-hybridized carbons (Fsp3) is 0.536. The molecule has 0 saturated carbocycles. The molecule has 1 unspecified atom stereocenters. The van der Waals surface area contributed by atoms with Crippen molar-refractivity contribution in [2.75, 3.05) is 24.7 Å². The van der Waals surface area contributed by atoms with E-state index < -0.39 is 41.1 Å². The van der Waals surface area contributed by atoms with Gasteiger partial charge >= 0.3 is 5.97 Å². The van der Waals surface area contributed by atoms with E-state index in [2.05, 4.69) is 0 Å². The molecule has 8 nitrogen and oxygen atoms in total. The number of para-hydroxylation sites is 1. The lowest BCUT2D eigenvalue weighted by Crippen LogP contribution is -2.58. The number of hydrogen-bond donors (Lipinski definition) is 1. The standard InChI is InChI=1S/C28H33ClN2O6/c1-3-18(17-32)31-23-25(34)30(20-12-7-6-11-19(20)29)15-10-14-28(23)21(24(31)33)22-26(35)36-16-9-5-4-8-13-27(22,2)37-28/h6-8,10-14,18,21-23,32H,3-5,9,15-17H2,1-2H3/b13-8-/t18-,21-,22-,23?,27+,28-/m0/s1. The molecule has 4 aliphatic rings. The number of carbonyl (C=O) groups excluding carboxylic acids is 3. The molecule has 4 aliphatic heterocycles. The molecule has 1 aromatic carbocycles. The number of hydrogen-bond acceptors (Lipinski definition) is 6. The molecule has 6 atom stereocenters. The van der Waals surface area contributed by atoms with E-state index in [1.165, 1.54) is 4.90 Å². The van der Waals surface area contributed by atoms with Crippen LogP contribution in [0.2, 0.25) is 5.02 Å². The van der Waals surface area contributed by atoms with E-state index in [-0.39, 0.29) is 31.6 Å². The van der Waals surface area contributed by atoms with Gasteiger partial charge in [0.05, 0.1) is 41.5 Å². The van der Waals surface area contributed by atoms with Crippen LogP contribution in [0, 0.1) is 11.8 Å². The van der Waals surface area contributed by atoms with Gasteiger partial charge in [-0.15, -0.1) is 0 Å². The Labute approximate surface area is 221 Å². The maximum atomic E-state index is 14.4. The average Bonchev–Trinajstić information content (AvgIpc) is 3.21. The van der Waals surface area contributed by atoms with Crippen LogP contribution in [0.1, 0.15) is 39.5 Å². The minimum absolute atomic E-state index is 0.219. The lowest BCUT2D eigenvalue weighted by atomic mass is 9.74. The van der Waals surface area contributed by atoms with E-state index >= 15 is 0 Å². The van der Waals surface area contributed by atoms with Gasteiger partial charge < -0.3 is 24.4 Å². The van der Waals surface area contributed by atoms with Crippen molar-refractivity contribution in [3.8, 4) is 0 Å². The van der Waals surface area contributed by atoms with Crippen LogP contribution >= 0.6 is 11.6 Å². The Morgan fingerprint density at radius 3 is 2.62 bits per heavy atom. The van der Waals surface area contributed by atoms with Crippen LogP contribution in [0.4, 0.5) is 5.69 Å². The summed E-state index contributed by atoms with van der Waals surface area (Å²) in [5, 5.41) is 10.6. The van der Waals surface area contributed by atoms with Crippen LogP contribution in [0.15, 0.2) is 48.6 Å². The van der Waals surface area contributed by atoms with Gasteiger partial charge in [0.2, 0.25) is 5.91 Å². The van der Waals surface area contributed by atoms with Crippen LogP contribution in [0.3, 0.4) is 0 Å². The number of cyclic esters (lactones) is 1. The molecule has 0 aromatic heterocycles. The number of carbonyl (C=O) groups is 3. The number of nitrogens with zero attached hydrogens (tertiary/aromatic N) is 2. The topological polar surface area (TPSA) is 96.4 Å². The minimum atomic E-state index is -1.41. The summed E-state index contributed by atoms with van der Waals surface area (Å²) < 4.78 is 12.4. The van der Waals surface area contributed by atoms with Crippen molar-refractivity contribution in [2.24, 2.45) is 11.8 Å². The van der Waals surface area contributed by atoms with Crippen molar-refractivity contribution in [1.29, 1.82) is 0 Å². The van der Waals surface area contributed by atoms with E-state index in [9.17, 15) is 19.5 Å². The zero-order chi connectivity index (χ0) is 26.4. The number of aliphatic hydroxyl groups excluding tert-OH is 1. The summed E-state index contributed by atoms with van der Waals surface area (Å²) in [6.45, 7) is 3.80. The van der Waals surface area contributed by atoms with Crippen molar-refractivity contribution in [3.63, 3.8) is 0 Å². The van der Waals surface area contributed by atoms with Gasteiger partial charge in [-0.2, -0.15) is 0 Å². The molecule has 1 N–H and O–H groups in total. The summed E-state index contributed by atoms with van der Waals surface area (Å²) >= 11 is 6.48. The van der Waals surface area contributed by atoms with Crippen molar-refractivity contribution in [3.05, 3.63) is 53.6 Å². The Balaban J connectivity index is 1.68. The first kappa shape index (κ1) is 25.9. The van der Waals surface area contributed by atoms with Crippen molar-refractivity contribution in [2.45, 2.75) is 62.8 Å². The van der Waals surface area contributed by atoms with E-state index in [1.54, 1.807) is 48.2 Å². The maximum absolute atomic E-state index is 14.4. The molecule has 0 radical (unpaired) electrons. The predicted octanol–water partition coefficient (Wildman–Crippen LogP) is 3.27.